The molecule has 0 aliphatic carbocycles. The Bertz CT molecular complexity index is 114. The molecule has 0 spiro atoms. The van der Waals surface area contributed by atoms with Crippen molar-refractivity contribution in [1.29, 1.82) is 0 Å². The fourth-order valence-electron chi connectivity index (χ4n) is 0.835. The SMILES string of the molecule is CCPN1C=CN(C)C1. The van der Waals surface area contributed by atoms with Gasteiger partial charge in [0.05, 0.1) is 6.67 Å². The van der Waals surface area contributed by atoms with Gasteiger partial charge in [0.1, 0.15) is 0 Å². The van der Waals surface area contributed by atoms with Crippen LogP contribution in [0.2, 0.25) is 0 Å². The molecule has 1 atom stereocenters. The Balaban J connectivity index is 2.24. The van der Waals surface area contributed by atoms with Gasteiger partial charge in [-0.1, -0.05) is 6.92 Å². The van der Waals surface area contributed by atoms with Crippen molar-refractivity contribution in [3.8, 4) is 0 Å². The van der Waals surface area contributed by atoms with Gasteiger partial charge in [-0.15, -0.1) is 0 Å². The summed E-state index contributed by atoms with van der Waals surface area (Å²) in [7, 11) is 3.05. The summed E-state index contributed by atoms with van der Waals surface area (Å²) in [5.41, 5.74) is 0. The van der Waals surface area contributed by atoms with Crippen LogP contribution in [0.25, 0.3) is 0 Å². The summed E-state index contributed by atoms with van der Waals surface area (Å²) in [6.07, 6.45) is 5.53. The molecule has 0 saturated carbocycles. The van der Waals surface area contributed by atoms with Crippen LogP contribution in [0.1, 0.15) is 6.92 Å². The van der Waals surface area contributed by atoms with Crippen LogP contribution < -0.4 is 0 Å². The molecule has 52 valence electrons. The maximum absolute atomic E-state index is 2.33. The molecule has 1 heterocycles. The molecule has 0 N–H and O–H groups in total. The highest BCUT2D eigenvalue weighted by molar-refractivity contribution is 7.35. The Labute approximate surface area is 58.4 Å². The normalized spacial score (nSPS) is 18.9. The van der Waals surface area contributed by atoms with Crippen LogP contribution in [-0.4, -0.2) is 29.4 Å². The number of rotatable bonds is 2. The molecule has 9 heavy (non-hydrogen) atoms. The van der Waals surface area contributed by atoms with Crippen molar-refractivity contribution < 1.29 is 0 Å². The summed E-state index contributed by atoms with van der Waals surface area (Å²) in [4.78, 5) is 2.18. The maximum atomic E-state index is 2.33. The van der Waals surface area contributed by atoms with Crippen molar-refractivity contribution in [3.63, 3.8) is 0 Å². The predicted molar refractivity (Wildman–Crippen MR) is 42.5 cm³/mol. The molecule has 0 aromatic rings. The fraction of sp³-hybridized carbons (Fsp3) is 0.667. The molecule has 0 aromatic heterocycles. The minimum atomic E-state index is 0.959. The van der Waals surface area contributed by atoms with Crippen LogP contribution in [0.15, 0.2) is 12.4 Å². The zero-order valence-corrected chi connectivity index (χ0v) is 6.96. The van der Waals surface area contributed by atoms with Crippen molar-refractivity contribution >= 4 is 8.73 Å². The highest BCUT2D eigenvalue weighted by atomic mass is 31.1. The summed E-state index contributed by atoms with van der Waals surface area (Å²) < 4.78 is 2.33. The summed E-state index contributed by atoms with van der Waals surface area (Å²) >= 11 is 0. The Morgan fingerprint density at radius 1 is 1.56 bits per heavy atom. The third kappa shape index (κ3) is 1.87. The fourth-order valence-corrected chi connectivity index (χ4v) is 1.74. The lowest BCUT2D eigenvalue weighted by atomic mass is 10.9. The largest absolute Gasteiger partial charge is 0.361 e. The molecule has 1 aliphatic rings. The molecule has 0 bridgehead atoms. The first-order chi connectivity index (χ1) is 4.33. The second-order valence-electron chi connectivity index (χ2n) is 2.18. The van der Waals surface area contributed by atoms with Crippen molar-refractivity contribution in [2.24, 2.45) is 0 Å². The third-order valence-corrected chi connectivity index (χ3v) is 2.25. The first-order valence-corrected chi connectivity index (χ1v) is 4.37. The average Bonchev–Trinajstić information content (AvgIpc) is 2.17. The maximum Gasteiger partial charge on any atom is 0.0923 e. The van der Waals surface area contributed by atoms with E-state index >= 15 is 0 Å². The Kier molecular flexibility index (Phi) is 2.35. The van der Waals surface area contributed by atoms with E-state index in [0.717, 1.165) is 15.4 Å². The molecule has 0 fully saturated rings. The molecule has 0 radical (unpaired) electrons. The van der Waals surface area contributed by atoms with Crippen LogP contribution in [0.5, 0.6) is 0 Å². The van der Waals surface area contributed by atoms with Gasteiger partial charge in [-0.25, -0.2) is 0 Å². The minimum absolute atomic E-state index is 0.959. The van der Waals surface area contributed by atoms with Gasteiger partial charge in [-0.3, -0.25) is 0 Å². The lowest BCUT2D eigenvalue weighted by Gasteiger charge is -2.16. The van der Waals surface area contributed by atoms with Gasteiger partial charge in [0.25, 0.3) is 0 Å². The highest BCUT2D eigenvalue weighted by Gasteiger charge is 2.05. The Morgan fingerprint density at radius 2 is 2.33 bits per heavy atom. The van der Waals surface area contributed by atoms with Crippen LogP contribution in [0, 0.1) is 0 Å². The van der Waals surface area contributed by atoms with Gasteiger partial charge in [0, 0.05) is 19.4 Å². The summed E-state index contributed by atoms with van der Waals surface area (Å²) in [6, 6.07) is 0. The molecular weight excluding hydrogens is 131 g/mol. The van der Waals surface area contributed by atoms with Gasteiger partial charge >= 0.3 is 0 Å². The van der Waals surface area contributed by atoms with E-state index in [1.165, 1.54) is 6.16 Å². The zero-order chi connectivity index (χ0) is 6.69. The smallest absolute Gasteiger partial charge is 0.0923 e. The van der Waals surface area contributed by atoms with E-state index in [-0.39, 0.29) is 0 Å². The molecule has 2 nitrogen and oxygen atoms in total. The van der Waals surface area contributed by atoms with E-state index in [4.69, 9.17) is 0 Å². The molecule has 1 unspecified atom stereocenters. The van der Waals surface area contributed by atoms with Crippen molar-refractivity contribution in [2.45, 2.75) is 6.92 Å². The first kappa shape index (κ1) is 6.88. The van der Waals surface area contributed by atoms with Crippen LogP contribution in [-0.2, 0) is 0 Å². The predicted octanol–water partition coefficient (Wildman–Crippen LogP) is 1.28. The van der Waals surface area contributed by atoms with Gasteiger partial charge in [0.2, 0.25) is 0 Å². The second-order valence-corrected chi connectivity index (χ2v) is 3.78. The summed E-state index contributed by atoms with van der Waals surface area (Å²) in [6.45, 7) is 3.29. The quantitative estimate of drug-likeness (QED) is 0.538. The topological polar surface area (TPSA) is 6.48 Å². The van der Waals surface area contributed by atoms with Gasteiger partial charge in [0.15, 0.2) is 0 Å². The van der Waals surface area contributed by atoms with Crippen LogP contribution in [0.4, 0.5) is 0 Å². The Morgan fingerprint density at radius 3 is 2.78 bits per heavy atom. The van der Waals surface area contributed by atoms with E-state index in [1.807, 2.05) is 0 Å². The number of hydrogen-bond donors (Lipinski definition) is 0. The standard InChI is InChI=1S/C6H13N2P/c1-3-9-8-5-4-7(2)6-8/h4-5,9H,3,6H2,1-2H3. The van der Waals surface area contributed by atoms with Gasteiger partial charge < -0.3 is 9.57 Å². The summed E-state index contributed by atoms with van der Waals surface area (Å²) in [5, 5.41) is 0. The summed E-state index contributed by atoms with van der Waals surface area (Å²) in [5.74, 6) is 0. The van der Waals surface area contributed by atoms with Crippen molar-refractivity contribution in [1.82, 2.24) is 9.57 Å². The van der Waals surface area contributed by atoms with Gasteiger partial charge in [-0.2, -0.15) is 0 Å². The molecule has 1 rings (SSSR count). The molecular formula is C6H13N2P. The van der Waals surface area contributed by atoms with Crippen LogP contribution >= 0.6 is 8.73 Å². The van der Waals surface area contributed by atoms with E-state index in [1.54, 1.807) is 0 Å². The van der Waals surface area contributed by atoms with E-state index in [9.17, 15) is 0 Å². The lowest BCUT2D eigenvalue weighted by molar-refractivity contribution is 0.406. The highest BCUT2D eigenvalue weighted by Crippen LogP contribution is 2.21. The first-order valence-electron chi connectivity index (χ1n) is 3.21. The molecule has 0 aromatic carbocycles. The molecule has 0 amide bonds. The molecule has 0 saturated heterocycles. The molecule has 3 heteroatoms. The van der Waals surface area contributed by atoms with Crippen LogP contribution in [0.3, 0.4) is 0 Å². The second kappa shape index (κ2) is 3.07. The number of hydrogen-bond acceptors (Lipinski definition) is 2. The third-order valence-electron chi connectivity index (χ3n) is 1.24. The monoisotopic (exact) mass is 144 g/mol. The van der Waals surface area contributed by atoms with E-state index < -0.39 is 0 Å². The Hall–Kier alpha value is -0.230. The van der Waals surface area contributed by atoms with E-state index in [0.29, 0.717) is 0 Å². The van der Waals surface area contributed by atoms with Crippen molar-refractivity contribution in [2.75, 3.05) is 19.9 Å². The zero-order valence-electron chi connectivity index (χ0n) is 5.96. The minimum Gasteiger partial charge on any atom is -0.361 e. The number of nitrogens with zero attached hydrogens (tertiary/aromatic N) is 2. The van der Waals surface area contributed by atoms with Gasteiger partial charge in [-0.05, 0) is 14.9 Å². The lowest BCUT2D eigenvalue weighted by Crippen LogP contribution is -2.15. The average molecular weight is 144 g/mol. The van der Waals surface area contributed by atoms with E-state index in [2.05, 4.69) is 35.9 Å². The van der Waals surface area contributed by atoms with Crippen molar-refractivity contribution in [3.05, 3.63) is 12.4 Å². The molecule has 1 aliphatic heterocycles.